The zero-order valence-corrected chi connectivity index (χ0v) is 12.0. The number of carbonyl (C=O) groups is 1. The Hall–Kier alpha value is -1.26. The van der Waals surface area contributed by atoms with Crippen LogP contribution >= 0.6 is 11.6 Å². The lowest BCUT2D eigenvalue weighted by Crippen LogP contribution is -2.42. The molecule has 1 aromatic carbocycles. The van der Waals surface area contributed by atoms with Crippen molar-refractivity contribution in [3.8, 4) is 0 Å². The molecule has 0 atom stereocenters. The Morgan fingerprint density at radius 2 is 2.05 bits per heavy atom. The van der Waals surface area contributed by atoms with Crippen LogP contribution in [0.2, 0.25) is 5.02 Å². The summed E-state index contributed by atoms with van der Waals surface area (Å²) in [4.78, 5) is 15.7. The van der Waals surface area contributed by atoms with E-state index in [9.17, 15) is 9.90 Å². The maximum Gasteiger partial charge on any atom is 0.337 e. The molecule has 1 fully saturated rings. The number of halogens is 1. The molecular weight excluding hydrogens is 264 g/mol. The van der Waals surface area contributed by atoms with Gasteiger partial charge in [-0.25, -0.2) is 4.79 Å². The van der Waals surface area contributed by atoms with E-state index in [0.29, 0.717) is 11.1 Å². The Labute approximate surface area is 118 Å². The van der Waals surface area contributed by atoms with Crippen molar-refractivity contribution in [3.05, 3.63) is 28.8 Å². The molecule has 5 heteroatoms. The molecule has 0 saturated carbocycles. The molecule has 0 spiro atoms. The van der Waals surface area contributed by atoms with Crippen LogP contribution in [0.15, 0.2) is 18.2 Å². The van der Waals surface area contributed by atoms with Gasteiger partial charge in [-0.05, 0) is 51.2 Å². The molecule has 0 bridgehead atoms. The average Bonchev–Trinajstić information content (AvgIpc) is 2.38. The molecule has 1 heterocycles. The van der Waals surface area contributed by atoms with Crippen LogP contribution in [0.25, 0.3) is 0 Å². The first kappa shape index (κ1) is 14.2. The van der Waals surface area contributed by atoms with Gasteiger partial charge in [0, 0.05) is 18.1 Å². The van der Waals surface area contributed by atoms with E-state index in [0.717, 1.165) is 31.6 Å². The monoisotopic (exact) mass is 282 g/mol. The van der Waals surface area contributed by atoms with Gasteiger partial charge in [0.25, 0.3) is 0 Å². The minimum absolute atomic E-state index is 0.272. The first-order valence-corrected chi connectivity index (χ1v) is 6.81. The summed E-state index contributed by atoms with van der Waals surface area (Å²) in [6, 6.07) is 5.44. The molecule has 2 rings (SSSR count). The number of nitrogens with zero attached hydrogens (tertiary/aromatic N) is 2. The second-order valence-electron chi connectivity index (χ2n) is 5.11. The van der Waals surface area contributed by atoms with E-state index in [1.807, 2.05) is 7.05 Å². The van der Waals surface area contributed by atoms with Gasteiger partial charge in [-0.1, -0.05) is 11.6 Å². The Kier molecular flexibility index (Phi) is 4.32. The van der Waals surface area contributed by atoms with E-state index in [2.05, 4.69) is 16.8 Å². The third-order valence-electron chi connectivity index (χ3n) is 3.80. The Morgan fingerprint density at radius 3 is 2.63 bits per heavy atom. The topological polar surface area (TPSA) is 43.8 Å². The van der Waals surface area contributed by atoms with Crippen molar-refractivity contribution in [1.82, 2.24) is 4.90 Å². The smallest absolute Gasteiger partial charge is 0.337 e. The van der Waals surface area contributed by atoms with Crippen LogP contribution in [-0.2, 0) is 0 Å². The molecule has 4 nitrogen and oxygen atoms in total. The van der Waals surface area contributed by atoms with Crippen molar-refractivity contribution < 1.29 is 9.90 Å². The fourth-order valence-electron chi connectivity index (χ4n) is 2.57. The highest BCUT2D eigenvalue weighted by Gasteiger charge is 2.23. The van der Waals surface area contributed by atoms with Crippen LogP contribution in [0.5, 0.6) is 0 Å². The third kappa shape index (κ3) is 3.19. The minimum Gasteiger partial charge on any atom is -0.478 e. The predicted octanol–water partition coefficient (Wildman–Crippen LogP) is 2.57. The number of hydrogen-bond donors (Lipinski definition) is 1. The summed E-state index contributed by atoms with van der Waals surface area (Å²) in [6.45, 7) is 2.09. The standard InChI is InChI=1S/C14H19ClN2O2/c1-16-7-5-11(6-8-16)17(2)13-4-3-10(15)9-12(13)14(18)19/h3-4,9,11H,5-8H2,1-2H3,(H,18,19). The van der Waals surface area contributed by atoms with E-state index in [4.69, 9.17) is 11.6 Å². The lowest BCUT2D eigenvalue weighted by molar-refractivity contribution is 0.0697. The largest absolute Gasteiger partial charge is 0.478 e. The number of piperidine rings is 1. The van der Waals surface area contributed by atoms with Gasteiger partial charge in [-0.15, -0.1) is 0 Å². The molecule has 0 amide bonds. The lowest BCUT2D eigenvalue weighted by Gasteiger charge is -2.36. The number of anilines is 1. The number of benzene rings is 1. The molecule has 1 aromatic rings. The summed E-state index contributed by atoms with van der Waals surface area (Å²) in [5.74, 6) is -0.933. The van der Waals surface area contributed by atoms with Crippen LogP contribution in [0.1, 0.15) is 23.2 Å². The second-order valence-corrected chi connectivity index (χ2v) is 5.55. The molecule has 0 unspecified atom stereocenters. The van der Waals surface area contributed by atoms with Crippen molar-refractivity contribution in [2.45, 2.75) is 18.9 Å². The Balaban J connectivity index is 2.23. The van der Waals surface area contributed by atoms with Crippen molar-refractivity contribution >= 4 is 23.3 Å². The normalized spacial score (nSPS) is 17.4. The maximum absolute atomic E-state index is 11.3. The molecule has 0 aliphatic carbocycles. The maximum atomic E-state index is 11.3. The fourth-order valence-corrected chi connectivity index (χ4v) is 2.74. The zero-order valence-electron chi connectivity index (χ0n) is 11.3. The first-order valence-electron chi connectivity index (χ1n) is 6.43. The van der Waals surface area contributed by atoms with E-state index in [1.54, 1.807) is 12.1 Å². The molecule has 19 heavy (non-hydrogen) atoms. The van der Waals surface area contributed by atoms with Gasteiger partial charge >= 0.3 is 5.97 Å². The zero-order chi connectivity index (χ0) is 14.0. The number of rotatable bonds is 3. The molecule has 1 aliphatic rings. The van der Waals surface area contributed by atoms with Gasteiger partial charge in [-0.2, -0.15) is 0 Å². The van der Waals surface area contributed by atoms with E-state index in [-0.39, 0.29) is 5.56 Å². The van der Waals surface area contributed by atoms with Crippen molar-refractivity contribution in [3.63, 3.8) is 0 Å². The van der Waals surface area contributed by atoms with Crippen LogP contribution in [0, 0.1) is 0 Å². The Morgan fingerprint density at radius 1 is 1.42 bits per heavy atom. The number of aromatic carboxylic acids is 1. The summed E-state index contributed by atoms with van der Waals surface area (Å²) >= 11 is 5.88. The quantitative estimate of drug-likeness (QED) is 0.925. The van der Waals surface area contributed by atoms with Crippen LogP contribution in [0.4, 0.5) is 5.69 Å². The predicted molar refractivity (Wildman–Crippen MR) is 77.3 cm³/mol. The molecule has 0 aromatic heterocycles. The van der Waals surface area contributed by atoms with E-state index < -0.39 is 5.97 Å². The summed E-state index contributed by atoms with van der Waals surface area (Å²) in [7, 11) is 4.08. The SMILES string of the molecule is CN1CCC(N(C)c2ccc(Cl)cc2C(=O)O)CC1. The van der Waals surface area contributed by atoms with Gasteiger partial charge in [0.05, 0.1) is 11.3 Å². The van der Waals surface area contributed by atoms with E-state index >= 15 is 0 Å². The number of carboxylic acids is 1. The number of carboxylic acid groups (broad SMARTS) is 1. The van der Waals surface area contributed by atoms with E-state index in [1.165, 1.54) is 6.07 Å². The highest BCUT2D eigenvalue weighted by atomic mass is 35.5. The molecule has 104 valence electrons. The highest BCUT2D eigenvalue weighted by Crippen LogP contribution is 2.27. The number of likely N-dealkylation sites (tertiary alicyclic amines) is 1. The van der Waals surface area contributed by atoms with Gasteiger partial charge < -0.3 is 14.9 Å². The van der Waals surface area contributed by atoms with Crippen molar-refractivity contribution in [1.29, 1.82) is 0 Å². The first-order chi connectivity index (χ1) is 8.99. The molecule has 0 radical (unpaired) electrons. The van der Waals surface area contributed by atoms with Gasteiger partial charge in [0.2, 0.25) is 0 Å². The van der Waals surface area contributed by atoms with Crippen LogP contribution in [-0.4, -0.2) is 49.2 Å². The fraction of sp³-hybridized carbons (Fsp3) is 0.500. The molecule has 1 aliphatic heterocycles. The third-order valence-corrected chi connectivity index (χ3v) is 4.04. The van der Waals surface area contributed by atoms with Crippen molar-refractivity contribution in [2.75, 3.05) is 32.1 Å². The van der Waals surface area contributed by atoms with Crippen LogP contribution in [0.3, 0.4) is 0 Å². The second kappa shape index (κ2) is 5.80. The summed E-state index contributed by atoms with van der Waals surface area (Å²) in [5.41, 5.74) is 1.01. The van der Waals surface area contributed by atoms with Gasteiger partial charge in [-0.3, -0.25) is 0 Å². The lowest BCUT2D eigenvalue weighted by atomic mass is 10.0. The Bertz CT molecular complexity index is 471. The molecule has 1 N–H and O–H groups in total. The summed E-state index contributed by atoms with van der Waals surface area (Å²) < 4.78 is 0. The molecule has 1 saturated heterocycles. The summed E-state index contributed by atoms with van der Waals surface area (Å²) in [6.07, 6.45) is 2.10. The van der Waals surface area contributed by atoms with Crippen molar-refractivity contribution in [2.24, 2.45) is 0 Å². The molecular formula is C14H19ClN2O2. The minimum atomic E-state index is -0.933. The highest BCUT2D eigenvalue weighted by molar-refractivity contribution is 6.31. The van der Waals surface area contributed by atoms with Gasteiger partial charge in [0.1, 0.15) is 0 Å². The average molecular weight is 283 g/mol. The van der Waals surface area contributed by atoms with Gasteiger partial charge in [0.15, 0.2) is 0 Å². The van der Waals surface area contributed by atoms with Crippen LogP contribution < -0.4 is 4.90 Å². The number of hydrogen-bond acceptors (Lipinski definition) is 3. The summed E-state index contributed by atoms with van der Waals surface area (Å²) in [5, 5.41) is 9.74.